The first kappa shape index (κ1) is 1.58. The van der Waals surface area contributed by atoms with Crippen LogP contribution in [-0.2, 0) is 0 Å². The fourth-order valence-corrected chi connectivity index (χ4v) is 0. The van der Waals surface area contributed by atoms with Crippen molar-refractivity contribution in [3.8, 4) is 0 Å². The Bertz CT molecular complexity index is 42.2. The van der Waals surface area contributed by atoms with Gasteiger partial charge in [-0.25, -0.2) is 4.79 Å². The SMILES string of the molecule is [3H]OC(=O)O. The third kappa shape index (κ3) is 0.174. The molecule has 24 valence electrons. The molecule has 0 atom stereocenters. The van der Waals surface area contributed by atoms with Crippen molar-refractivity contribution in [3.63, 3.8) is 0 Å². The number of carbonyl (C=O) groups is 1. The van der Waals surface area contributed by atoms with Crippen molar-refractivity contribution in [2.45, 2.75) is 0 Å². The van der Waals surface area contributed by atoms with Crippen LogP contribution in [0.15, 0.2) is 0 Å². The molecule has 0 aliphatic carbocycles. The molecule has 0 bridgehead atoms. The van der Waals surface area contributed by atoms with E-state index in [2.05, 4.69) is 5.11 Å². The van der Waals surface area contributed by atoms with E-state index in [1.165, 1.54) is 0 Å². The highest BCUT2D eigenvalue weighted by Gasteiger charge is 1.70. The van der Waals surface area contributed by atoms with Gasteiger partial charge in [0.15, 0.2) is 0 Å². The van der Waals surface area contributed by atoms with Gasteiger partial charge in [-0.05, 0) is 0 Å². The average molecular weight is 64.0 g/mol. The standard InChI is InChI=1S/CH2O3/c2-1(3)4/h(H2,2,3,4)/i/hT. The first-order chi connectivity index (χ1) is 2.27. The number of hydrogen-bond donors (Lipinski definition) is 2. The summed E-state index contributed by atoms with van der Waals surface area (Å²) in [4.78, 5) is 8.96. The molecule has 0 aliphatic rings. The lowest BCUT2D eigenvalue weighted by molar-refractivity contribution is 0.137. The summed E-state index contributed by atoms with van der Waals surface area (Å²) < 4.78 is 5.56. The van der Waals surface area contributed by atoms with Crippen LogP contribution in [0, 0.1) is 0 Å². The minimum atomic E-state index is -1.58. The van der Waals surface area contributed by atoms with Crippen LogP contribution in [0.2, 0.25) is 0 Å². The van der Waals surface area contributed by atoms with Gasteiger partial charge in [-0.2, -0.15) is 0 Å². The monoisotopic (exact) mass is 64.0 g/mol. The molecule has 3 nitrogen and oxygen atoms in total. The molecule has 0 unspecified atom stereocenters. The van der Waals surface area contributed by atoms with Gasteiger partial charge < -0.3 is 10.2 Å². The highest BCUT2D eigenvalue weighted by Crippen LogP contribution is 1.42. The minimum absolute atomic E-state index is 1.58. The van der Waals surface area contributed by atoms with Crippen LogP contribution in [0.4, 0.5) is 4.79 Å². The summed E-state index contributed by atoms with van der Waals surface area (Å²) >= 11 is 0. The predicted molar refractivity (Wildman–Crippen MR) is 10.7 cm³/mol. The van der Waals surface area contributed by atoms with Gasteiger partial charge in [-0.15, -0.1) is 0 Å². The Labute approximate surface area is 24.0 Å². The van der Waals surface area contributed by atoms with E-state index < -0.39 is 6.16 Å². The Hall–Kier alpha value is -0.730. The van der Waals surface area contributed by atoms with Gasteiger partial charge in [0.1, 0.15) is 0 Å². The van der Waals surface area contributed by atoms with Crippen molar-refractivity contribution < 1.29 is 15.0 Å². The molecular weight excluding hydrogens is 60.0 g/mol. The van der Waals surface area contributed by atoms with Crippen LogP contribution in [-0.4, -0.2) is 16.4 Å². The van der Waals surface area contributed by atoms with Gasteiger partial charge in [-0.3, -0.25) is 0 Å². The van der Waals surface area contributed by atoms with Gasteiger partial charge in [-0.1, -0.05) is 0 Å². The summed E-state index contributed by atoms with van der Waals surface area (Å²) in [6.07, 6.45) is -1.58. The second-order valence-corrected chi connectivity index (χ2v) is 0.266. The summed E-state index contributed by atoms with van der Waals surface area (Å²) in [5, 5.41) is 10.2. The molecule has 0 heterocycles. The molecule has 0 saturated heterocycles. The Kier molecular flexibility index (Phi) is 0.280. The molecule has 0 radical (unpaired) electrons. The molecule has 4 heavy (non-hydrogen) atoms. The van der Waals surface area contributed by atoms with Crippen molar-refractivity contribution in [1.29, 1.82) is 1.43 Å². The fraction of sp³-hybridized carbons (Fsp3) is 0. The average Bonchev–Trinajstić information content (AvgIpc) is 1.38. The van der Waals surface area contributed by atoms with Gasteiger partial charge in [0, 0.05) is 0 Å². The van der Waals surface area contributed by atoms with Crippen LogP contribution in [0.1, 0.15) is 0 Å². The maximum Gasteiger partial charge on any atom is 0.503 e. The van der Waals surface area contributed by atoms with E-state index in [9.17, 15) is 0 Å². The second kappa shape index (κ2) is 0.711. The van der Waals surface area contributed by atoms with Crippen molar-refractivity contribution in [1.82, 2.24) is 0 Å². The highest BCUT2D eigenvalue weighted by atomic mass is 16.6. The Morgan fingerprint density at radius 2 is 2.50 bits per heavy atom. The van der Waals surface area contributed by atoms with Crippen LogP contribution in [0.25, 0.3) is 1.43 Å². The van der Waals surface area contributed by atoms with E-state index in [1.807, 2.05) is 0 Å². The van der Waals surface area contributed by atoms with Gasteiger partial charge >= 0.3 is 7.59 Å². The fourth-order valence-electron chi connectivity index (χ4n) is 0. The maximum absolute atomic E-state index is 8.96. The maximum atomic E-state index is 8.96. The molecule has 0 rings (SSSR count). The Balaban J connectivity index is 2.85. The van der Waals surface area contributed by atoms with Gasteiger partial charge in [0.25, 0.3) is 0 Å². The normalized spacial score (nSPS) is 8.50. The molecule has 2 N–H and O–H groups in total. The van der Waals surface area contributed by atoms with E-state index in [4.69, 9.17) is 11.3 Å². The lowest BCUT2D eigenvalue weighted by Gasteiger charge is -1.60. The van der Waals surface area contributed by atoms with Crippen LogP contribution < -0.4 is 0 Å². The molecule has 3 heteroatoms. The largest absolute Gasteiger partial charge is 0.503 e. The number of hydrogen-bond acceptors (Lipinski definition) is 2. The quantitative estimate of drug-likeness (QED) is 0.423. The molecule has 0 saturated carbocycles. The van der Waals surface area contributed by atoms with Crippen molar-refractivity contribution in [2.75, 3.05) is 0 Å². The topological polar surface area (TPSA) is 57.5 Å². The second-order valence-electron chi connectivity index (χ2n) is 0.266. The van der Waals surface area contributed by atoms with Crippen LogP contribution in [0.5, 0.6) is 0 Å². The molecule has 0 aromatic rings. The first-order valence-electron chi connectivity index (χ1n) is 1.04. The van der Waals surface area contributed by atoms with Gasteiger partial charge in [0.05, 0.1) is 0 Å². The molecule has 0 aromatic heterocycles. The zero-order valence-electron chi connectivity index (χ0n) is 2.76. The summed E-state index contributed by atoms with van der Waals surface area (Å²) in [6, 6.07) is 0. The van der Waals surface area contributed by atoms with Crippen molar-refractivity contribution >= 4 is 6.16 Å². The minimum Gasteiger partial charge on any atom is -0.450 e. The summed E-state index contributed by atoms with van der Waals surface area (Å²) in [5.74, 6) is 0. The summed E-state index contributed by atoms with van der Waals surface area (Å²) in [6.45, 7) is 0. The van der Waals surface area contributed by atoms with E-state index in [0.717, 1.165) is 0 Å². The zero-order valence-corrected chi connectivity index (χ0v) is 1.76. The third-order valence-electron chi connectivity index (χ3n) is 0. The molecule has 0 aliphatic heterocycles. The Morgan fingerprint density at radius 3 is 2.50 bits per heavy atom. The lowest BCUT2D eigenvalue weighted by Crippen LogP contribution is -1.81. The smallest absolute Gasteiger partial charge is 0.450 e. The van der Waals surface area contributed by atoms with Crippen LogP contribution >= 0.6 is 0 Å². The van der Waals surface area contributed by atoms with Crippen molar-refractivity contribution in [3.05, 3.63) is 0 Å². The van der Waals surface area contributed by atoms with Gasteiger partial charge in [0.2, 0.25) is 0 Å². The third-order valence-corrected chi connectivity index (χ3v) is 0. The molecule has 0 fully saturated rings. The summed E-state index contributed by atoms with van der Waals surface area (Å²) in [5.41, 5.74) is 0. The lowest BCUT2D eigenvalue weighted by atomic mass is 11.5. The Morgan fingerprint density at radius 1 is 2.25 bits per heavy atom. The van der Waals surface area contributed by atoms with Crippen LogP contribution in [0.3, 0.4) is 0 Å². The highest BCUT2D eigenvalue weighted by molar-refractivity contribution is 5.53. The molecular formula is CH2O3. The van der Waals surface area contributed by atoms with E-state index in [-0.39, 0.29) is 0 Å². The molecule has 0 spiro atoms. The molecule has 0 amide bonds. The number of rotatable bonds is 0. The van der Waals surface area contributed by atoms with E-state index >= 15 is 0 Å². The summed E-state index contributed by atoms with van der Waals surface area (Å²) in [7, 11) is 0. The predicted octanol–water partition coefficient (Wildman–Crippen LogP) is 0.222. The molecule has 0 aromatic carbocycles. The number of carboxylic acid groups (broad SMARTS) is 2. The van der Waals surface area contributed by atoms with Crippen molar-refractivity contribution in [2.24, 2.45) is 0 Å². The first-order valence-corrected chi connectivity index (χ1v) is 0.632. The van der Waals surface area contributed by atoms with E-state index in [1.54, 1.807) is 0 Å². The van der Waals surface area contributed by atoms with E-state index in [0.29, 0.717) is 0 Å². The zero-order chi connectivity index (χ0) is 4.28.